The Morgan fingerprint density at radius 3 is 2.06 bits per heavy atom. The molecule has 1 aliphatic rings. The summed E-state index contributed by atoms with van der Waals surface area (Å²) in [5.41, 5.74) is 5.24. The molecule has 4 nitrogen and oxygen atoms in total. The Labute approximate surface area is 200 Å². The summed E-state index contributed by atoms with van der Waals surface area (Å²) >= 11 is 0. The van der Waals surface area contributed by atoms with E-state index in [9.17, 15) is 4.79 Å². The van der Waals surface area contributed by atoms with E-state index in [0.29, 0.717) is 5.56 Å². The molecule has 2 aromatic carbocycles. The number of ether oxygens (including phenoxy) is 1. The third kappa shape index (κ3) is 8.03. The highest BCUT2D eigenvalue weighted by atomic mass is 16.5. The first-order valence-electron chi connectivity index (χ1n) is 12.8. The van der Waals surface area contributed by atoms with Crippen molar-refractivity contribution in [1.82, 2.24) is 0 Å². The Hall–Kier alpha value is -2.62. The maximum atomic E-state index is 11.6. The molecule has 1 aliphatic heterocycles. The van der Waals surface area contributed by atoms with E-state index in [0.717, 1.165) is 36.3 Å². The molecular weight excluding hydrogens is 408 g/mol. The monoisotopic (exact) mass is 448 g/mol. The van der Waals surface area contributed by atoms with E-state index in [4.69, 9.17) is 9.84 Å². The summed E-state index contributed by atoms with van der Waals surface area (Å²) in [7, 11) is 1.40. The van der Waals surface area contributed by atoms with Crippen LogP contribution in [0.4, 0.5) is 5.69 Å². The Morgan fingerprint density at radius 2 is 1.45 bits per heavy atom. The Bertz CT molecular complexity index is 871. The lowest BCUT2D eigenvalue weighted by Gasteiger charge is -2.14. The van der Waals surface area contributed by atoms with Crippen LogP contribution in [0.1, 0.15) is 99.0 Å². The number of carbonyl (C=O) groups excluding carboxylic acids is 1. The van der Waals surface area contributed by atoms with Crippen molar-refractivity contribution >= 4 is 17.4 Å². The summed E-state index contributed by atoms with van der Waals surface area (Å²) < 4.78 is 4.77. The highest BCUT2D eigenvalue weighted by molar-refractivity contribution is 6.03. The minimum Gasteiger partial charge on any atom is -0.465 e. The number of hydrogen-bond acceptors (Lipinski definition) is 4. The SMILES string of the molecule is CCCCCCCCCCCCc1ccc(N2CCC(c3ccc(C(=O)OC)cc3)=N2)cc1. The minimum absolute atomic E-state index is 0.311. The zero-order valence-electron chi connectivity index (χ0n) is 20.5. The summed E-state index contributed by atoms with van der Waals surface area (Å²) in [6.45, 7) is 3.16. The van der Waals surface area contributed by atoms with E-state index < -0.39 is 0 Å². The number of esters is 1. The number of hydrogen-bond donors (Lipinski definition) is 0. The normalized spacial score (nSPS) is 13.3. The predicted octanol–water partition coefficient (Wildman–Crippen LogP) is 7.55. The van der Waals surface area contributed by atoms with Gasteiger partial charge in [-0.2, -0.15) is 5.10 Å². The number of unbranched alkanes of at least 4 members (excludes halogenated alkanes) is 9. The van der Waals surface area contributed by atoms with Gasteiger partial charge in [0.25, 0.3) is 0 Å². The van der Waals surface area contributed by atoms with Crippen molar-refractivity contribution in [2.24, 2.45) is 5.10 Å². The van der Waals surface area contributed by atoms with Crippen LogP contribution in [-0.2, 0) is 11.2 Å². The fraction of sp³-hybridized carbons (Fsp3) is 0.517. The highest BCUT2D eigenvalue weighted by Crippen LogP contribution is 2.23. The average Bonchev–Trinajstić information content (AvgIpc) is 3.35. The van der Waals surface area contributed by atoms with E-state index >= 15 is 0 Å². The van der Waals surface area contributed by atoms with Crippen molar-refractivity contribution in [2.75, 3.05) is 18.7 Å². The average molecular weight is 449 g/mol. The number of methoxy groups -OCH3 is 1. The van der Waals surface area contributed by atoms with Crippen molar-refractivity contribution in [3.8, 4) is 0 Å². The predicted molar refractivity (Wildman–Crippen MR) is 138 cm³/mol. The van der Waals surface area contributed by atoms with Crippen molar-refractivity contribution in [3.05, 3.63) is 65.2 Å². The summed E-state index contributed by atoms with van der Waals surface area (Å²) in [4.78, 5) is 11.6. The van der Waals surface area contributed by atoms with E-state index in [1.54, 1.807) is 12.1 Å². The maximum Gasteiger partial charge on any atom is 0.337 e. The number of anilines is 1. The van der Waals surface area contributed by atoms with Gasteiger partial charge < -0.3 is 4.74 Å². The lowest BCUT2D eigenvalue weighted by molar-refractivity contribution is 0.0600. The van der Waals surface area contributed by atoms with Crippen LogP contribution in [0, 0.1) is 0 Å². The number of rotatable bonds is 14. The van der Waals surface area contributed by atoms with Gasteiger partial charge in [-0.3, -0.25) is 5.01 Å². The van der Waals surface area contributed by atoms with Gasteiger partial charge in [0.05, 0.1) is 24.1 Å². The maximum absolute atomic E-state index is 11.6. The molecule has 0 amide bonds. The molecule has 0 saturated carbocycles. The molecule has 0 saturated heterocycles. The molecule has 0 radical (unpaired) electrons. The van der Waals surface area contributed by atoms with E-state index in [2.05, 4.69) is 36.2 Å². The van der Waals surface area contributed by atoms with E-state index in [-0.39, 0.29) is 5.97 Å². The van der Waals surface area contributed by atoms with E-state index in [1.165, 1.54) is 76.9 Å². The van der Waals surface area contributed by atoms with Crippen LogP contribution in [0.3, 0.4) is 0 Å². The van der Waals surface area contributed by atoms with Gasteiger partial charge in [-0.15, -0.1) is 0 Å². The van der Waals surface area contributed by atoms with Gasteiger partial charge in [-0.1, -0.05) is 89.0 Å². The molecule has 178 valence electrons. The lowest BCUT2D eigenvalue weighted by atomic mass is 10.0. The minimum atomic E-state index is -0.311. The number of hydrazone groups is 1. The molecule has 33 heavy (non-hydrogen) atoms. The highest BCUT2D eigenvalue weighted by Gasteiger charge is 2.18. The summed E-state index contributed by atoms with van der Waals surface area (Å²) in [5.74, 6) is -0.311. The molecule has 0 spiro atoms. The Balaban J connectivity index is 1.38. The molecule has 3 rings (SSSR count). The molecule has 4 heteroatoms. The molecule has 0 N–H and O–H groups in total. The van der Waals surface area contributed by atoms with Gasteiger partial charge in [-0.05, 0) is 48.2 Å². The first kappa shape index (κ1) is 25.0. The van der Waals surface area contributed by atoms with Crippen molar-refractivity contribution in [2.45, 2.75) is 84.0 Å². The fourth-order valence-corrected chi connectivity index (χ4v) is 4.41. The molecule has 0 aliphatic carbocycles. The summed E-state index contributed by atoms with van der Waals surface area (Å²) in [6.07, 6.45) is 15.9. The second-order valence-corrected chi connectivity index (χ2v) is 9.09. The molecular formula is C29H40N2O2. The van der Waals surface area contributed by atoms with E-state index in [1.807, 2.05) is 12.1 Å². The van der Waals surface area contributed by atoms with Crippen LogP contribution in [0.15, 0.2) is 53.6 Å². The number of aryl methyl sites for hydroxylation is 1. The van der Waals surface area contributed by atoms with Crippen LogP contribution < -0.4 is 5.01 Å². The molecule has 0 fully saturated rings. The smallest absolute Gasteiger partial charge is 0.337 e. The first-order valence-corrected chi connectivity index (χ1v) is 12.8. The Kier molecular flexibility index (Phi) is 10.5. The second-order valence-electron chi connectivity index (χ2n) is 9.09. The summed E-state index contributed by atoms with van der Waals surface area (Å²) in [6, 6.07) is 16.4. The van der Waals surface area contributed by atoms with Crippen LogP contribution in [-0.4, -0.2) is 25.3 Å². The molecule has 0 unspecified atom stereocenters. The van der Waals surface area contributed by atoms with Crippen molar-refractivity contribution in [1.29, 1.82) is 0 Å². The molecule has 2 aromatic rings. The zero-order valence-corrected chi connectivity index (χ0v) is 20.5. The van der Waals surface area contributed by atoms with Crippen LogP contribution in [0.2, 0.25) is 0 Å². The number of nitrogens with zero attached hydrogens (tertiary/aromatic N) is 2. The van der Waals surface area contributed by atoms with Crippen LogP contribution in [0.5, 0.6) is 0 Å². The molecule has 0 atom stereocenters. The topological polar surface area (TPSA) is 41.9 Å². The van der Waals surface area contributed by atoms with Crippen molar-refractivity contribution in [3.63, 3.8) is 0 Å². The zero-order chi connectivity index (χ0) is 23.3. The van der Waals surface area contributed by atoms with Gasteiger partial charge >= 0.3 is 5.97 Å². The number of benzene rings is 2. The molecule has 0 bridgehead atoms. The Morgan fingerprint density at radius 1 is 0.848 bits per heavy atom. The second kappa shape index (κ2) is 13.8. The quantitative estimate of drug-likeness (QED) is 0.221. The van der Waals surface area contributed by atoms with Gasteiger partial charge in [0.15, 0.2) is 0 Å². The molecule has 0 aromatic heterocycles. The first-order chi connectivity index (χ1) is 16.2. The van der Waals surface area contributed by atoms with Gasteiger partial charge in [0.1, 0.15) is 0 Å². The molecule has 1 heterocycles. The van der Waals surface area contributed by atoms with Gasteiger partial charge in [-0.25, -0.2) is 4.79 Å². The third-order valence-corrected chi connectivity index (χ3v) is 6.49. The van der Waals surface area contributed by atoms with Crippen LogP contribution >= 0.6 is 0 Å². The summed E-state index contributed by atoms with van der Waals surface area (Å²) in [5, 5.41) is 6.89. The third-order valence-electron chi connectivity index (χ3n) is 6.49. The standard InChI is InChI=1S/C29H40N2O2/c1-3-4-5-6-7-8-9-10-11-12-13-24-14-20-27(21-15-24)31-23-22-28(30-31)25-16-18-26(19-17-25)29(32)33-2/h14-21H,3-13,22-23H2,1-2H3. The van der Waals surface area contributed by atoms with Crippen LogP contribution in [0.25, 0.3) is 0 Å². The largest absolute Gasteiger partial charge is 0.465 e. The fourth-order valence-electron chi connectivity index (χ4n) is 4.41. The van der Waals surface area contributed by atoms with Gasteiger partial charge in [0, 0.05) is 13.0 Å². The number of carbonyl (C=O) groups is 1. The van der Waals surface area contributed by atoms with Gasteiger partial charge in [0.2, 0.25) is 0 Å². The van der Waals surface area contributed by atoms with Crippen molar-refractivity contribution < 1.29 is 9.53 Å². The lowest BCUT2D eigenvalue weighted by Crippen LogP contribution is -2.11.